The Morgan fingerprint density at radius 2 is 1.92 bits per heavy atom. The smallest absolute Gasteiger partial charge is 0.322 e. The fourth-order valence-corrected chi connectivity index (χ4v) is 2.65. The van der Waals surface area contributed by atoms with Crippen LogP contribution in [0.5, 0.6) is 0 Å². The topological polar surface area (TPSA) is 61.8 Å². The van der Waals surface area contributed by atoms with Gasteiger partial charge in [-0.25, -0.2) is 18.7 Å². The van der Waals surface area contributed by atoms with Crippen LogP contribution in [0.15, 0.2) is 52.8 Å². The number of hydrogen-bond acceptors (Lipinski definition) is 3. The zero-order valence-electron chi connectivity index (χ0n) is 13.4. The Labute approximate surface area is 137 Å². The van der Waals surface area contributed by atoms with Gasteiger partial charge in [0.2, 0.25) is 0 Å². The summed E-state index contributed by atoms with van der Waals surface area (Å²) in [7, 11) is 0. The molecule has 24 heavy (non-hydrogen) atoms. The molecule has 0 unspecified atom stereocenters. The quantitative estimate of drug-likeness (QED) is 0.690. The molecule has 0 bridgehead atoms. The van der Waals surface area contributed by atoms with Gasteiger partial charge in [0.05, 0.1) is 12.0 Å². The first kappa shape index (κ1) is 15.9. The number of rotatable bonds is 4. The van der Waals surface area contributed by atoms with Crippen molar-refractivity contribution in [2.24, 2.45) is 0 Å². The van der Waals surface area contributed by atoms with E-state index in [2.05, 4.69) is 11.6 Å². The molecule has 0 aliphatic carbocycles. The molecule has 0 radical (unpaired) electrons. The van der Waals surface area contributed by atoms with Crippen LogP contribution in [-0.2, 0) is 6.54 Å². The Morgan fingerprint density at radius 1 is 1.25 bits per heavy atom. The van der Waals surface area contributed by atoms with Crippen molar-refractivity contribution in [3.8, 4) is 5.69 Å². The molecule has 0 fully saturated rings. The maximum atomic E-state index is 13.2. The fraction of sp³-hybridized carbons (Fsp3) is 0.235. The van der Waals surface area contributed by atoms with Crippen LogP contribution in [0.2, 0.25) is 0 Å². The summed E-state index contributed by atoms with van der Waals surface area (Å²) in [5.41, 5.74) is 0.0760. The summed E-state index contributed by atoms with van der Waals surface area (Å²) in [6, 6.07) is 5.48. The number of aromatic nitrogens is 4. The lowest BCUT2D eigenvalue weighted by molar-refractivity contribution is 0.608. The van der Waals surface area contributed by atoms with E-state index in [9.17, 15) is 14.0 Å². The zero-order valence-corrected chi connectivity index (χ0v) is 13.4. The summed E-state index contributed by atoms with van der Waals surface area (Å²) < 4.78 is 17.3. The van der Waals surface area contributed by atoms with Gasteiger partial charge in [-0.1, -0.05) is 6.08 Å². The minimum absolute atomic E-state index is 0.000879. The van der Waals surface area contributed by atoms with E-state index in [1.807, 2.05) is 13.8 Å². The summed E-state index contributed by atoms with van der Waals surface area (Å²) in [6.45, 7) is 7.52. The summed E-state index contributed by atoms with van der Waals surface area (Å²) in [5.74, 6) is -0.407. The molecule has 7 heteroatoms. The highest BCUT2D eigenvalue weighted by molar-refractivity contribution is 5.72. The standard InChI is InChI=1S/C17H17FN4O2/c1-4-9-20-16(23)14-15(19-10-21(14)11(2)3)22(17(20)24)13-7-5-12(18)6-8-13/h4-8,10-11H,1,9H2,2-3H3. The van der Waals surface area contributed by atoms with Gasteiger partial charge in [0.1, 0.15) is 5.82 Å². The molecule has 0 saturated heterocycles. The van der Waals surface area contributed by atoms with Gasteiger partial charge in [0.15, 0.2) is 11.2 Å². The molecule has 0 spiro atoms. The van der Waals surface area contributed by atoms with Crippen LogP contribution in [0.4, 0.5) is 4.39 Å². The van der Waals surface area contributed by atoms with Crippen molar-refractivity contribution in [3.05, 3.63) is 69.9 Å². The second kappa shape index (κ2) is 5.92. The summed E-state index contributed by atoms with van der Waals surface area (Å²) >= 11 is 0. The Morgan fingerprint density at radius 3 is 2.50 bits per heavy atom. The first-order chi connectivity index (χ1) is 11.5. The Balaban J connectivity index is 2.48. The lowest BCUT2D eigenvalue weighted by Crippen LogP contribution is -2.39. The SMILES string of the molecule is C=CCn1c(=O)c2c(ncn2C(C)C)n(-c2ccc(F)cc2)c1=O. The van der Waals surface area contributed by atoms with Crippen LogP contribution >= 0.6 is 0 Å². The van der Waals surface area contributed by atoms with E-state index in [0.717, 1.165) is 4.57 Å². The van der Waals surface area contributed by atoms with E-state index < -0.39 is 17.1 Å². The molecule has 0 N–H and O–H groups in total. The fourth-order valence-electron chi connectivity index (χ4n) is 2.65. The molecule has 2 heterocycles. The van der Waals surface area contributed by atoms with Crippen molar-refractivity contribution in [1.82, 2.24) is 18.7 Å². The van der Waals surface area contributed by atoms with E-state index in [-0.39, 0.29) is 18.2 Å². The molecule has 0 amide bonds. The normalized spacial score (nSPS) is 11.3. The van der Waals surface area contributed by atoms with Gasteiger partial charge in [-0.05, 0) is 38.1 Å². The average molecular weight is 328 g/mol. The Kier molecular flexibility index (Phi) is 3.92. The third-order valence-corrected chi connectivity index (χ3v) is 3.81. The predicted octanol–water partition coefficient (Wildman–Crippen LogP) is 2.25. The molecule has 1 aromatic carbocycles. The first-order valence-corrected chi connectivity index (χ1v) is 7.55. The molecule has 0 atom stereocenters. The Hall–Kier alpha value is -2.96. The van der Waals surface area contributed by atoms with Gasteiger partial charge < -0.3 is 4.57 Å². The van der Waals surface area contributed by atoms with Crippen molar-refractivity contribution in [2.45, 2.75) is 26.4 Å². The van der Waals surface area contributed by atoms with Gasteiger partial charge >= 0.3 is 5.69 Å². The van der Waals surface area contributed by atoms with Crippen molar-refractivity contribution in [3.63, 3.8) is 0 Å². The van der Waals surface area contributed by atoms with E-state index in [4.69, 9.17) is 0 Å². The van der Waals surface area contributed by atoms with Crippen LogP contribution in [-0.4, -0.2) is 18.7 Å². The summed E-state index contributed by atoms with van der Waals surface area (Å²) in [6.07, 6.45) is 3.02. The predicted molar refractivity (Wildman–Crippen MR) is 90.1 cm³/mol. The lowest BCUT2D eigenvalue weighted by atomic mass is 10.3. The van der Waals surface area contributed by atoms with Gasteiger partial charge in [-0.2, -0.15) is 0 Å². The maximum Gasteiger partial charge on any atom is 0.337 e. The van der Waals surface area contributed by atoms with Crippen LogP contribution in [0.3, 0.4) is 0 Å². The maximum absolute atomic E-state index is 13.2. The van der Waals surface area contributed by atoms with Crippen LogP contribution in [0, 0.1) is 5.82 Å². The first-order valence-electron chi connectivity index (χ1n) is 7.55. The highest BCUT2D eigenvalue weighted by Crippen LogP contribution is 2.16. The number of allylic oxidation sites excluding steroid dienone is 1. The van der Waals surface area contributed by atoms with Gasteiger partial charge in [0, 0.05) is 12.6 Å². The molecule has 3 rings (SSSR count). The third kappa shape index (κ3) is 2.38. The number of imidazole rings is 1. The van der Waals surface area contributed by atoms with Crippen LogP contribution in [0.1, 0.15) is 19.9 Å². The largest absolute Gasteiger partial charge is 0.337 e. The Bertz CT molecular complexity index is 1030. The second-order valence-electron chi connectivity index (χ2n) is 5.72. The van der Waals surface area contributed by atoms with Crippen LogP contribution in [0.25, 0.3) is 16.9 Å². The molecule has 124 valence electrons. The lowest BCUT2D eigenvalue weighted by Gasteiger charge is -2.13. The molecular weight excluding hydrogens is 311 g/mol. The number of fused-ring (bicyclic) bond motifs is 1. The zero-order chi connectivity index (χ0) is 17.4. The van der Waals surface area contributed by atoms with Crippen molar-refractivity contribution >= 4 is 11.2 Å². The minimum atomic E-state index is -0.534. The van der Waals surface area contributed by atoms with Crippen molar-refractivity contribution in [2.75, 3.05) is 0 Å². The van der Waals surface area contributed by atoms with Crippen molar-refractivity contribution < 1.29 is 4.39 Å². The van der Waals surface area contributed by atoms with E-state index >= 15 is 0 Å². The van der Waals surface area contributed by atoms with E-state index in [1.54, 1.807) is 4.57 Å². The number of nitrogens with zero attached hydrogens (tertiary/aromatic N) is 4. The summed E-state index contributed by atoms with van der Waals surface area (Å²) in [5, 5.41) is 0. The third-order valence-electron chi connectivity index (χ3n) is 3.81. The monoisotopic (exact) mass is 328 g/mol. The molecule has 0 saturated carbocycles. The van der Waals surface area contributed by atoms with E-state index in [1.165, 1.54) is 41.2 Å². The van der Waals surface area contributed by atoms with Gasteiger partial charge in [-0.3, -0.25) is 9.36 Å². The minimum Gasteiger partial charge on any atom is -0.322 e. The van der Waals surface area contributed by atoms with Gasteiger partial charge in [0.25, 0.3) is 5.56 Å². The molecule has 6 nitrogen and oxygen atoms in total. The highest BCUT2D eigenvalue weighted by atomic mass is 19.1. The highest BCUT2D eigenvalue weighted by Gasteiger charge is 2.19. The number of hydrogen-bond donors (Lipinski definition) is 0. The molecule has 2 aromatic heterocycles. The number of benzene rings is 1. The molecule has 0 aliphatic heterocycles. The number of halogens is 1. The molecular formula is C17H17FN4O2. The second-order valence-corrected chi connectivity index (χ2v) is 5.72. The van der Waals surface area contributed by atoms with Crippen LogP contribution < -0.4 is 11.2 Å². The summed E-state index contributed by atoms with van der Waals surface area (Å²) in [4.78, 5) is 29.8. The van der Waals surface area contributed by atoms with E-state index in [0.29, 0.717) is 11.2 Å². The molecule has 0 aliphatic rings. The van der Waals surface area contributed by atoms with Gasteiger partial charge in [-0.15, -0.1) is 6.58 Å². The molecule has 3 aromatic rings. The average Bonchev–Trinajstić information content (AvgIpc) is 2.98. The van der Waals surface area contributed by atoms with Crippen molar-refractivity contribution in [1.29, 1.82) is 0 Å².